The van der Waals surface area contributed by atoms with Crippen LogP contribution in [-0.4, -0.2) is 19.4 Å². The molecule has 0 radical (unpaired) electrons. The van der Waals surface area contributed by atoms with Crippen molar-refractivity contribution in [2.75, 3.05) is 13.7 Å². The quantitative estimate of drug-likeness (QED) is 0.832. The van der Waals surface area contributed by atoms with Gasteiger partial charge in [-0.3, -0.25) is 5.32 Å². The highest BCUT2D eigenvalue weighted by molar-refractivity contribution is 5.29. The molecule has 0 amide bonds. The summed E-state index contributed by atoms with van der Waals surface area (Å²) in [5, 5.41) is 3.48. The first-order valence-corrected chi connectivity index (χ1v) is 5.66. The molecule has 1 unspecified atom stereocenters. The van der Waals surface area contributed by atoms with Crippen molar-refractivity contribution < 1.29 is 9.47 Å². The molecule has 0 aromatic heterocycles. The topological polar surface area (TPSA) is 30.5 Å². The summed E-state index contributed by atoms with van der Waals surface area (Å²) in [5.41, 5.74) is 1.06. The first kappa shape index (κ1) is 11.4. The van der Waals surface area contributed by atoms with Crippen LogP contribution >= 0.6 is 0 Å². The third-order valence-electron chi connectivity index (χ3n) is 2.91. The summed E-state index contributed by atoms with van der Waals surface area (Å²) in [5.74, 6) is 0.898. The van der Waals surface area contributed by atoms with Crippen molar-refractivity contribution in [1.82, 2.24) is 5.32 Å². The lowest BCUT2D eigenvalue weighted by Gasteiger charge is -2.37. The van der Waals surface area contributed by atoms with Gasteiger partial charge in [-0.2, -0.15) is 0 Å². The smallest absolute Gasteiger partial charge is 0.118 e. The summed E-state index contributed by atoms with van der Waals surface area (Å²) >= 11 is 0. The number of hydrogen-bond donors (Lipinski definition) is 1. The molecule has 0 bridgehead atoms. The second kappa shape index (κ2) is 4.44. The minimum atomic E-state index is -0.233. The fraction of sp³-hybridized carbons (Fsp3) is 0.538. The van der Waals surface area contributed by atoms with E-state index in [1.165, 1.54) is 5.56 Å². The summed E-state index contributed by atoms with van der Waals surface area (Å²) in [6, 6.07) is 8.59. The van der Waals surface area contributed by atoms with E-state index in [1.54, 1.807) is 7.11 Å². The highest BCUT2D eigenvalue weighted by Gasteiger charge is 2.28. The van der Waals surface area contributed by atoms with E-state index < -0.39 is 0 Å². The van der Waals surface area contributed by atoms with E-state index in [2.05, 4.69) is 31.3 Å². The molecule has 88 valence electrons. The Balaban J connectivity index is 2.11. The Labute approximate surface area is 96.8 Å². The van der Waals surface area contributed by atoms with E-state index in [1.807, 2.05) is 12.1 Å². The van der Waals surface area contributed by atoms with Crippen LogP contribution in [0.15, 0.2) is 24.3 Å². The lowest BCUT2D eigenvalue weighted by Crippen LogP contribution is -2.48. The predicted octanol–water partition coefficient (Wildman–Crippen LogP) is 2.48. The highest BCUT2D eigenvalue weighted by Crippen LogP contribution is 2.26. The Bertz CT molecular complexity index is 345. The van der Waals surface area contributed by atoms with Gasteiger partial charge >= 0.3 is 0 Å². The molecule has 2 rings (SSSR count). The van der Waals surface area contributed by atoms with Gasteiger partial charge in [-0.15, -0.1) is 0 Å². The van der Waals surface area contributed by atoms with Crippen LogP contribution in [0.25, 0.3) is 0 Å². The summed E-state index contributed by atoms with van der Waals surface area (Å²) in [6.07, 6.45) is 1.01. The SMILES string of the molecule is COc1ccc(C2CCOC(C)(C)N2)cc1. The second-order valence-corrected chi connectivity index (χ2v) is 4.62. The van der Waals surface area contributed by atoms with Gasteiger partial charge in [0.05, 0.1) is 13.7 Å². The molecule has 0 spiro atoms. The standard InChI is InChI=1S/C13H19NO2/c1-13(2)14-12(8-9-16-13)10-4-6-11(15-3)7-5-10/h4-7,12,14H,8-9H2,1-3H3. The molecule has 16 heavy (non-hydrogen) atoms. The van der Waals surface area contributed by atoms with E-state index in [0.717, 1.165) is 18.8 Å². The first-order valence-electron chi connectivity index (χ1n) is 5.66. The molecule has 0 saturated carbocycles. The largest absolute Gasteiger partial charge is 0.497 e. The molecule has 0 aliphatic carbocycles. The van der Waals surface area contributed by atoms with E-state index in [9.17, 15) is 0 Å². The molecule has 1 N–H and O–H groups in total. The lowest BCUT2D eigenvalue weighted by molar-refractivity contribution is -0.0852. The number of methoxy groups -OCH3 is 1. The van der Waals surface area contributed by atoms with Crippen LogP contribution in [0.5, 0.6) is 5.75 Å². The van der Waals surface area contributed by atoms with Gasteiger partial charge in [0.1, 0.15) is 11.5 Å². The van der Waals surface area contributed by atoms with E-state index in [0.29, 0.717) is 6.04 Å². The molecular formula is C13H19NO2. The Hall–Kier alpha value is -1.06. The Kier molecular flexibility index (Phi) is 3.17. The van der Waals surface area contributed by atoms with Crippen LogP contribution in [0.3, 0.4) is 0 Å². The average Bonchev–Trinajstić information content (AvgIpc) is 2.28. The van der Waals surface area contributed by atoms with Crippen molar-refractivity contribution in [1.29, 1.82) is 0 Å². The zero-order chi connectivity index (χ0) is 11.6. The Morgan fingerprint density at radius 3 is 2.56 bits per heavy atom. The Morgan fingerprint density at radius 2 is 2.00 bits per heavy atom. The van der Waals surface area contributed by atoms with Gasteiger partial charge in [-0.1, -0.05) is 12.1 Å². The molecule has 1 heterocycles. The van der Waals surface area contributed by atoms with Crippen molar-refractivity contribution in [3.05, 3.63) is 29.8 Å². The third kappa shape index (κ3) is 2.54. The van der Waals surface area contributed by atoms with Gasteiger partial charge in [0.2, 0.25) is 0 Å². The number of ether oxygens (including phenoxy) is 2. The molecule has 3 nitrogen and oxygen atoms in total. The maximum atomic E-state index is 5.63. The zero-order valence-electron chi connectivity index (χ0n) is 10.1. The predicted molar refractivity (Wildman–Crippen MR) is 63.5 cm³/mol. The van der Waals surface area contributed by atoms with Crippen LogP contribution in [-0.2, 0) is 4.74 Å². The lowest BCUT2D eigenvalue weighted by atomic mass is 10.0. The Morgan fingerprint density at radius 1 is 1.31 bits per heavy atom. The van der Waals surface area contributed by atoms with Gasteiger partial charge in [-0.05, 0) is 38.0 Å². The van der Waals surface area contributed by atoms with Gasteiger partial charge in [-0.25, -0.2) is 0 Å². The van der Waals surface area contributed by atoms with Crippen LogP contribution in [0.1, 0.15) is 31.9 Å². The number of benzene rings is 1. The molecule has 1 atom stereocenters. The van der Waals surface area contributed by atoms with Crippen LogP contribution in [0.2, 0.25) is 0 Å². The molecule has 1 aromatic carbocycles. The van der Waals surface area contributed by atoms with E-state index in [4.69, 9.17) is 9.47 Å². The zero-order valence-corrected chi connectivity index (χ0v) is 10.1. The second-order valence-electron chi connectivity index (χ2n) is 4.62. The molecule has 3 heteroatoms. The molecule has 1 aliphatic heterocycles. The summed E-state index contributed by atoms with van der Waals surface area (Å²) in [4.78, 5) is 0. The van der Waals surface area contributed by atoms with Crippen molar-refractivity contribution in [3.63, 3.8) is 0 Å². The maximum absolute atomic E-state index is 5.63. The van der Waals surface area contributed by atoms with E-state index in [-0.39, 0.29) is 5.72 Å². The van der Waals surface area contributed by atoms with Gasteiger partial charge in [0.25, 0.3) is 0 Å². The van der Waals surface area contributed by atoms with E-state index >= 15 is 0 Å². The average molecular weight is 221 g/mol. The fourth-order valence-corrected chi connectivity index (χ4v) is 2.05. The highest BCUT2D eigenvalue weighted by atomic mass is 16.5. The van der Waals surface area contributed by atoms with Crippen LogP contribution in [0, 0.1) is 0 Å². The third-order valence-corrected chi connectivity index (χ3v) is 2.91. The van der Waals surface area contributed by atoms with Crippen molar-refractivity contribution in [2.24, 2.45) is 0 Å². The van der Waals surface area contributed by atoms with Crippen molar-refractivity contribution in [2.45, 2.75) is 32.0 Å². The molecule has 1 saturated heterocycles. The van der Waals surface area contributed by atoms with Gasteiger partial charge < -0.3 is 9.47 Å². The maximum Gasteiger partial charge on any atom is 0.118 e. The fourth-order valence-electron chi connectivity index (χ4n) is 2.05. The van der Waals surface area contributed by atoms with Crippen LogP contribution < -0.4 is 10.1 Å². The summed E-state index contributed by atoms with van der Waals surface area (Å²) < 4.78 is 10.8. The van der Waals surface area contributed by atoms with Crippen LogP contribution in [0.4, 0.5) is 0 Å². The summed E-state index contributed by atoms with van der Waals surface area (Å²) in [6.45, 7) is 4.92. The normalized spacial score (nSPS) is 24.1. The summed E-state index contributed by atoms with van der Waals surface area (Å²) in [7, 11) is 1.69. The monoisotopic (exact) mass is 221 g/mol. The number of rotatable bonds is 2. The molecule has 1 aromatic rings. The van der Waals surface area contributed by atoms with Crippen molar-refractivity contribution >= 4 is 0 Å². The molecule has 1 aliphatic rings. The van der Waals surface area contributed by atoms with Gasteiger partial charge in [0, 0.05) is 6.04 Å². The molecular weight excluding hydrogens is 202 g/mol. The minimum Gasteiger partial charge on any atom is -0.497 e. The first-order chi connectivity index (χ1) is 7.61. The number of hydrogen-bond acceptors (Lipinski definition) is 3. The molecule has 1 fully saturated rings. The van der Waals surface area contributed by atoms with Gasteiger partial charge in [0.15, 0.2) is 0 Å². The number of nitrogens with one attached hydrogen (secondary N) is 1. The minimum absolute atomic E-state index is 0.233. The van der Waals surface area contributed by atoms with Crippen molar-refractivity contribution in [3.8, 4) is 5.75 Å².